The Morgan fingerprint density at radius 1 is 1.12 bits per heavy atom. The second kappa shape index (κ2) is 13.6. The Balaban J connectivity index is 1.28. The van der Waals surface area contributed by atoms with E-state index in [1.54, 1.807) is 0 Å². The molecular weight excluding hydrogens is 570 g/mol. The molecule has 4 aromatic rings. The number of hydrogen-bond donors (Lipinski definition) is 3. The summed E-state index contributed by atoms with van der Waals surface area (Å²) in [6.45, 7) is 2.46. The first-order valence-electron chi connectivity index (χ1n) is 14.0. The quantitative estimate of drug-likeness (QED) is 0.209. The number of ketones is 1. The molecule has 43 heavy (non-hydrogen) atoms. The molecule has 1 fully saturated rings. The van der Waals surface area contributed by atoms with E-state index in [1.165, 1.54) is 25.0 Å². The number of aromatic nitrogens is 4. The lowest BCUT2D eigenvalue weighted by Crippen LogP contribution is -2.41. The first kappa shape index (κ1) is 29.8. The fourth-order valence-electron chi connectivity index (χ4n) is 5.07. The molecule has 2 aromatic carbocycles. The minimum absolute atomic E-state index is 0.00241. The fourth-order valence-corrected chi connectivity index (χ4v) is 6.11. The van der Waals surface area contributed by atoms with E-state index in [9.17, 15) is 14.4 Å². The number of carbonyl (C=O) groups is 3. The van der Waals surface area contributed by atoms with Gasteiger partial charge in [-0.15, -0.1) is 0 Å². The molecule has 0 saturated carbocycles. The maximum Gasteiger partial charge on any atom is 0.405 e. The second-order valence-electron chi connectivity index (χ2n) is 10.3. The Labute approximate surface area is 252 Å². The number of hydrogen-bond acceptors (Lipinski definition) is 9. The summed E-state index contributed by atoms with van der Waals surface area (Å²) in [7, 11) is 0. The molecule has 0 spiro atoms. The van der Waals surface area contributed by atoms with Gasteiger partial charge in [0.25, 0.3) is 0 Å². The van der Waals surface area contributed by atoms with Crippen molar-refractivity contribution in [1.29, 1.82) is 0 Å². The predicted molar refractivity (Wildman–Crippen MR) is 164 cm³/mol. The Morgan fingerprint density at radius 2 is 1.86 bits per heavy atom. The monoisotopic (exact) mass is 603 g/mol. The molecule has 12 nitrogen and oxygen atoms in total. The zero-order valence-corrected chi connectivity index (χ0v) is 24.5. The van der Waals surface area contributed by atoms with Gasteiger partial charge < -0.3 is 25.8 Å². The number of nitrogen functional groups attached to an aromatic ring is 1. The highest BCUT2D eigenvalue weighted by Gasteiger charge is 2.29. The van der Waals surface area contributed by atoms with Crippen molar-refractivity contribution in [1.82, 2.24) is 30.0 Å². The van der Waals surface area contributed by atoms with Crippen LogP contribution in [0.4, 0.5) is 10.6 Å². The minimum atomic E-state index is -1.24. The smallest absolute Gasteiger partial charge is 0.405 e. The van der Waals surface area contributed by atoms with Gasteiger partial charge in [-0.05, 0) is 56.2 Å². The van der Waals surface area contributed by atoms with Crippen molar-refractivity contribution in [3.05, 3.63) is 60.9 Å². The van der Waals surface area contributed by atoms with Gasteiger partial charge in [-0.25, -0.2) is 19.4 Å². The van der Waals surface area contributed by atoms with Crippen LogP contribution in [0.15, 0.2) is 60.9 Å². The van der Waals surface area contributed by atoms with Crippen molar-refractivity contribution in [3.63, 3.8) is 0 Å². The number of Topliss-reactive ketones (excluding diaryl/α,β-unsaturated/α-hetero) is 1. The lowest BCUT2D eigenvalue weighted by molar-refractivity contribution is -0.132. The van der Waals surface area contributed by atoms with E-state index >= 15 is 0 Å². The van der Waals surface area contributed by atoms with Crippen molar-refractivity contribution >= 4 is 46.4 Å². The maximum absolute atomic E-state index is 13.1. The van der Waals surface area contributed by atoms with E-state index < -0.39 is 12.1 Å². The van der Waals surface area contributed by atoms with Crippen LogP contribution in [0.3, 0.4) is 0 Å². The SMILES string of the molecule is CC(=O)C(CSCCC(=O)N1CCCC(n2nc(-c3ccc(Oc4ccccc4)cc3)c3c(N)ncnc32)C1)NC(=O)O. The number of piperidine rings is 1. The summed E-state index contributed by atoms with van der Waals surface area (Å²) < 4.78 is 7.79. The number of carbonyl (C=O) groups excluding carboxylic acids is 2. The third-order valence-corrected chi connectivity index (χ3v) is 8.31. The van der Waals surface area contributed by atoms with Crippen molar-refractivity contribution < 1.29 is 24.2 Å². The van der Waals surface area contributed by atoms with E-state index in [4.69, 9.17) is 20.7 Å². The van der Waals surface area contributed by atoms with Crippen LogP contribution in [0.25, 0.3) is 22.3 Å². The number of amides is 2. The molecule has 3 heterocycles. The number of nitrogens with one attached hydrogen (secondary N) is 1. The largest absolute Gasteiger partial charge is 0.465 e. The van der Waals surface area contributed by atoms with E-state index in [-0.39, 0.29) is 29.9 Å². The summed E-state index contributed by atoms with van der Waals surface area (Å²) in [5, 5.41) is 16.7. The Bertz CT molecular complexity index is 1600. The standard InChI is InChI=1S/C30H33N7O5S/c1-19(38)24(34-30(40)41)17-43-15-13-25(39)36-14-5-6-21(16-36)37-29-26(28(31)32-18-33-29)27(35-37)20-9-11-23(12-10-20)42-22-7-3-2-4-8-22/h2-4,7-12,18,21,24,34H,5-6,13-17H2,1H3,(H,40,41)(H2,31,32,33). The molecule has 224 valence electrons. The lowest BCUT2D eigenvalue weighted by atomic mass is 10.1. The minimum Gasteiger partial charge on any atom is -0.465 e. The number of likely N-dealkylation sites (tertiary alicyclic amines) is 1. The van der Waals surface area contributed by atoms with Gasteiger partial charge in [0, 0.05) is 36.6 Å². The number of carboxylic acid groups (broad SMARTS) is 1. The third-order valence-electron chi connectivity index (χ3n) is 7.25. The van der Waals surface area contributed by atoms with Crippen LogP contribution >= 0.6 is 11.8 Å². The van der Waals surface area contributed by atoms with Gasteiger partial charge >= 0.3 is 6.09 Å². The first-order valence-corrected chi connectivity index (χ1v) is 15.1. The second-order valence-corrected chi connectivity index (χ2v) is 11.4. The van der Waals surface area contributed by atoms with Crippen LogP contribution in [-0.4, -0.2) is 78.2 Å². The summed E-state index contributed by atoms with van der Waals surface area (Å²) >= 11 is 1.38. The molecule has 1 aliphatic rings. The lowest BCUT2D eigenvalue weighted by Gasteiger charge is -2.33. The first-order chi connectivity index (χ1) is 20.8. The highest BCUT2D eigenvalue weighted by molar-refractivity contribution is 7.99. The molecule has 2 unspecified atom stereocenters. The van der Waals surface area contributed by atoms with Crippen molar-refractivity contribution in [2.75, 3.05) is 30.3 Å². The topological polar surface area (TPSA) is 166 Å². The van der Waals surface area contributed by atoms with Crippen LogP contribution < -0.4 is 15.8 Å². The number of nitrogens with two attached hydrogens (primary N) is 1. The molecule has 0 radical (unpaired) electrons. The molecular formula is C30H33N7O5S. The maximum atomic E-state index is 13.1. The number of benzene rings is 2. The number of anilines is 1. The fraction of sp³-hybridized carbons (Fsp3) is 0.333. The Hall–Kier alpha value is -4.65. The van der Waals surface area contributed by atoms with Crippen LogP contribution in [-0.2, 0) is 9.59 Å². The Morgan fingerprint density at radius 3 is 2.58 bits per heavy atom. The normalized spacial score (nSPS) is 15.7. The van der Waals surface area contributed by atoms with E-state index in [1.807, 2.05) is 64.2 Å². The molecule has 2 amide bonds. The molecule has 2 aromatic heterocycles. The van der Waals surface area contributed by atoms with Gasteiger partial charge in [-0.1, -0.05) is 18.2 Å². The van der Waals surface area contributed by atoms with Crippen molar-refractivity contribution in [3.8, 4) is 22.8 Å². The highest BCUT2D eigenvalue weighted by atomic mass is 32.2. The third kappa shape index (κ3) is 7.23. The number of ether oxygens (including phenoxy) is 1. The summed E-state index contributed by atoms with van der Waals surface area (Å²) in [5.41, 5.74) is 8.44. The van der Waals surface area contributed by atoms with Crippen LogP contribution in [0.1, 0.15) is 32.2 Å². The van der Waals surface area contributed by atoms with Crippen LogP contribution in [0, 0.1) is 0 Å². The Kier molecular flexibility index (Phi) is 9.40. The van der Waals surface area contributed by atoms with Gasteiger partial charge in [0.15, 0.2) is 11.4 Å². The van der Waals surface area contributed by atoms with Crippen molar-refractivity contribution in [2.45, 2.75) is 38.3 Å². The molecule has 0 aliphatic carbocycles. The van der Waals surface area contributed by atoms with Crippen molar-refractivity contribution in [2.24, 2.45) is 0 Å². The summed E-state index contributed by atoms with van der Waals surface area (Å²) in [4.78, 5) is 46.2. The molecule has 1 saturated heterocycles. The van der Waals surface area contributed by atoms with E-state index in [0.717, 1.165) is 24.2 Å². The molecule has 5 rings (SSSR count). The van der Waals surface area contributed by atoms with E-state index in [2.05, 4.69) is 15.3 Å². The van der Waals surface area contributed by atoms with Gasteiger partial charge in [0.2, 0.25) is 5.91 Å². The number of nitrogens with zero attached hydrogens (tertiary/aromatic N) is 5. The number of fused-ring (bicyclic) bond motifs is 1. The zero-order chi connectivity index (χ0) is 30.3. The molecule has 0 bridgehead atoms. The summed E-state index contributed by atoms with van der Waals surface area (Å²) in [6, 6.07) is 16.3. The average Bonchev–Trinajstić information content (AvgIpc) is 3.40. The van der Waals surface area contributed by atoms with Gasteiger partial charge in [-0.2, -0.15) is 16.9 Å². The molecule has 2 atom stereocenters. The summed E-state index contributed by atoms with van der Waals surface area (Å²) in [6.07, 6.45) is 2.09. The van der Waals surface area contributed by atoms with E-state index in [0.29, 0.717) is 47.1 Å². The molecule has 1 aliphatic heterocycles. The van der Waals surface area contributed by atoms with Crippen LogP contribution in [0.2, 0.25) is 0 Å². The number of para-hydroxylation sites is 1. The zero-order valence-electron chi connectivity index (χ0n) is 23.7. The number of rotatable bonds is 11. The number of thioether (sulfide) groups is 1. The highest BCUT2D eigenvalue weighted by Crippen LogP contribution is 2.35. The van der Waals surface area contributed by atoms with Gasteiger partial charge in [0.05, 0.1) is 17.5 Å². The summed E-state index contributed by atoms with van der Waals surface area (Å²) in [5.74, 6) is 2.27. The molecule has 13 heteroatoms. The van der Waals surface area contributed by atoms with Crippen LogP contribution in [0.5, 0.6) is 11.5 Å². The average molecular weight is 604 g/mol. The van der Waals surface area contributed by atoms with Gasteiger partial charge in [-0.3, -0.25) is 9.59 Å². The molecule has 4 N–H and O–H groups in total. The predicted octanol–water partition coefficient (Wildman–Crippen LogP) is 4.38. The van der Waals surface area contributed by atoms with Gasteiger partial charge in [0.1, 0.15) is 29.3 Å².